The molecular formula is C27H27BrN4O. The quantitative estimate of drug-likeness (QED) is 0.330. The molecule has 0 radical (unpaired) electrons. The number of benzene rings is 3. The molecule has 0 saturated heterocycles. The van der Waals surface area contributed by atoms with E-state index in [2.05, 4.69) is 50.1 Å². The van der Waals surface area contributed by atoms with Crippen molar-refractivity contribution >= 4 is 27.5 Å². The minimum absolute atomic E-state index is 0.0795. The molecule has 1 aromatic heterocycles. The fourth-order valence-corrected chi connectivity index (χ4v) is 4.04. The predicted molar refractivity (Wildman–Crippen MR) is 140 cm³/mol. The average molecular weight is 503 g/mol. The van der Waals surface area contributed by atoms with Crippen LogP contribution in [0, 0.1) is 0 Å². The monoisotopic (exact) mass is 502 g/mol. The van der Waals surface area contributed by atoms with Crippen molar-refractivity contribution in [2.75, 3.05) is 32.9 Å². The number of amides is 1. The molecule has 0 unspecified atom stereocenters. The molecule has 1 amide bonds. The summed E-state index contributed by atoms with van der Waals surface area (Å²) < 4.78 is 3.18. The molecule has 1 heterocycles. The number of hydrogen-bond acceptors (Lipinski definition) is 3. The highest BCUT2D eigenvalue weighted by Crippen LogP contribution is 2.35. The standard InChI is InChI=1S/C27H27BrN4O/c1-31(2)17-16-30-27(33)21-7-5-6-20(18-21)25-15-14-24(19-10-12-22(28)13-11-19)32(25)26-9-4-3-8-23(26)29/h3-15,18H,16-17,29H2,1-2H3,(H,30,33). The Hall–Kier alpha value is -3.35. The molecule has 0 aliphatic rings. The number of nitrogens with two attached hydrogens (primary N) is 1. The molecular weight excluding hydrogens is 476 g/mol. The van der Waals surface area contributed by atoms with E-state index in [0.717, 1.165) is 39.2 Å². The van der Waals surface area contributed by atoms with Crippen molar-refractivity contribution in [2.24, 2.45) is 0 Å². The molecule has 0 fully saturated rings. The zero-order valence-electron chi connectivity index (χ0n) is 18.8. The maximum absolute atomic E-state index is 12.7. The summed E-state index contributed by atoms with van der Waals surface area (Å²) in [6.07, 6.45) is 0. The van der Waals surface area contributed by atoms with E-state index in [1.54, 1.807) is 0 Å². The maximum Gasteiger partial charge on any atom is 0.251 e. The summed E-state index contributed by atoms with van der Waals surface area (Å²) in [4.78, 5) is 14.8. The van der Waals surface area contributed by atoms with Crippen LogP contribution in [-0.2, 0) is 0 Å². The van der Waals surface area contributed by atoms with E-state index in [1.807, 2.05) is 79.7 Å². The van der Waals surface area contributed by atoms with E-state index >= 15 is 0 Å². The van der Waals surface area contributed by atoms with Gasteiger partial charge in [0, 0.05) is 23.1 Å². The van der Waals surface area contributed by atoms with Crippen LogP contribution in [0.1, 0.15) is 10.4 Å². The fourth-order valence-electron chi connectivity index (χ4n) is 3.77. The van der Waals surface area contributed by atoms with Crippen molar-refractivity contribution in [3.63, 3.8) is 0 Å². The third kappa shape index (κ3) is 5.18. The number of carbonyl (C=O) groups is 1. The molecule has 0 aliphatic carbocycles. The van der Waals surface area contributed by atoms with Crippen LogP contribution in [-0.4, -0.2) is 42.6 Å². The molecule has 3 aromatic carbocycles. The van der Waals surface area contributed by atoms with E-state index in [-0.39, 0.29) is 5.91 Å². The Kier molecular flexibility index (Phi) is 6.96. The lowest BCUT2D eigenvalue weighted by atomic mass is 10.1. The van der Waals surface area contributed by atoms with Crippen molar-refractivity contribution < 1.29 is 4.79 Å². The van der Waals surface area contributed by atoms with Gasteiger partial charge in [-0.3, -0.25) is 4.79 Å². The molecule has 0 spiro atoms. The Morgan fingerprint density at radius 2 is 1.61 bits per heavy atom. The summed E-state index contributed by atoms with van der Waals surface area (Å²) in [7, 11) is 3.97. The van der Waals surface area contributed by atoms with Crippen LogP contribution in [0.2, 0.25) is 0 Å². The predicted octanol–water partition coefficient (Wildman–Crippen LogP) is 5.45. The van der Waals surface area contributed by atoms with Gasteiger partial charge in [-0.2, -0.15) is 0 Å². The Morgan fingerprint density at radius 1 is 0.909 bits per heavy atom. The first-order valence-electron chi connectivity index (χ1n) is 10.8. The van der Waals surface area contributed by atoms with Gasteiger partial charge in [0.2, 0.25) is 0 Å². The lowest BCUT2D eigenvalue weighted by Crippen LogP contribution is -2.31. The third-order valence-electron chi connectivity index (χ3n) is 5.46. The van der Waals surface area contributed by atoms with Gasteiger partial charge >= 0.3 is 0 Å². The van der Waals surface area contributed by atoms with Crippen molar-refractivity contribution in [1.29, 1.82) is 0 Å². The summed E-state index contributed by atoms with van der Waals surface area (Å²) in [6, 6.07) is 27.9. The fraction of sp³-hybridized carbons (Fsp3) is 0.148. The van der Waals surface area contributed by atoms with Crippen LogP contribution in [0.5, 0.6) is 0 Å². The van der Waals surface area contributed by atoms with Crippen LogP contribution in [0.15, 0.2) is 89.4 Å². The lowest BCUT2D eigenvalue weighted by molar-refractivity contribution is 0.0951. The van der Waals surface area contributed by atoms with Gasteiger partial charge in [0.25, 0.3) is 5.91 Å². The van der Waals surface area contributed by atoms with E-state index in [1.165, 1.54) is 0 Å². The first-order chi connectivity index (χ1) is 15.9. The van der Waals surface area contributed by atoms with Crippen LogP contribution in [0.25, 0.3) is 28.2 Å². The van der Waals surface area contributed by atoms with Crippen LogP contribution in [0.3, 0.4) is 0 Å². The number of likely N-dealkylation sites (N-methyl/N-ethyl adjacent to an activating group) is 1. The number of rotatable bonds is 7. The van der Waals surface area contributed by atoms with Gasteiger partial charge in [-0.05, 0) is 73.8 Å². The van der Waals surface area contributed by atoms with Gasteiger partial charge in [0.15, 0.2) is 0 Å². The highest BCUT2D eigenvalue weighted by atomic mass is 79.9. The summed E-state index contributed by atoms with van der Waals surface area (Å²) in [5, 5.41) is 2.99. The second kappa shape index (κ2) is 10.1. The lowest BCUT2D eigenvalue weighted by Gasteiger charge is -2.17. The van der Waals surface area contributed by atoms with Gasteiger partial charge in [0.1, 0.15) is 0 Å². The Morgan fingerprint density at radius 3 is 2.30 bits per heavy atom. The van der Waals surface area contributed by atoms with E-state index in [9.17, 15) is 4.79 Å². The molecule has 4 rings (SSSR count). The van der Waals surface area contributed by atoms with Gasteiger partial charge in [-0.25, -0.2) is 0 Å². The number of nitrogen functional groups attached to an aromatic ring is 1. The SMILES string of the molecule is CN(C)CCNC(=O)c1cccc(-c2ccc(-c3ccc(Br)cc3)n2-c2ccccc2N)c1. The number of para-hydroxylation sites is 2. The molecule has 0 aliphatic heterocycles. The zero-order chi connectivity index (χ0) is 23.4. The molecule has 0 saturated carbocycles. The largest absolute Gasteiger partial charge is 0.397 e. The number of nitrogens with zero attached hydrogens (tertiary/aromatic N) is 2. The smallest absolute Gasteiger partial charge is 0.251 e. The summed E-state index contributed by atoms with van der Waals surface area (Å²) in [5.41, 5.74) is 12.6. The van der Waals surface area contributed by atoms with Crippen molar-refractivity contribution in [2.45, 2.75) is 0 Å². The molecule has 168 valence electrons. The zero-order valence-corrected chi connectivity index (χ0v) is 20.3. The first kappa shape index (κ1) is 22.8. The van der Waals surface area contributed by atoms with Gasteiger partial charge in [-0.15, -0.1) is 0 Å². The molecule has 6 heteroatoms. The number of halogens is 1. The van der Waals surface area contributed by atoms with Crippen molar-refractivity contribution in [3.05, 3.63) is 95.0 Å². The summed E-state index contributed by atoms with van der Waals surface area (Å²) >= 11 is 3.51. The molecule has 0 bridgehead atoms. The summed E-state index contributed by atoms with van der Waals surface area (Å²) in [6.45, 7) is 1.39. The second-order valence-corrected chi connectivity index (χ2v) is 9.06. The van der Waals surface area contributed by atoms with Crippen molar-refractivity contribution in [1.82, 2.24) is 14.8 Å². The number of aromatic nitrogens is 1. The summed E-state index contributed by atoms with van der Waals surface area (Å²) in [5.74, 6) is -0.0795. The Bertz CT molecular complexity index is 1260. The van der Waals surface area contributed by atoms with Gasteiger partial charge in [0.05, 0.1) is 22.8 Å². The van der Waals surface area contributed by atoms with Gasteiger partial charge in [-0.1, -0.05) is 52.3 Å². The van der Waals surface area contributed by atoms with E-state index in [0.29, 0.717) is 17.8 Å². The highest BCUT2D eigenvalue weighted by Gasteiger charge is 2.16. The number of hydrogen-bond donors (Lipinski definition) is 2. The van der Waals surface area contributed by atoms with Crippen LogP contribution < -0.4 is 11.1 Å². The van der Waals surface area contributed by atoms with E-state index < -0.39 is 0 Å². The Balaban J connectivity index is 1.78. The highest BCUT2D eigenvalue weighted by molar-refractivity contribution is 9.10. The van der Waals surface area contributed by atoms with Crippen LogP contribution >= 0.6 is 15.9 Å². The third-order valence-corrected chi connectivity index (χ3v) is 5.99. The molecule has 33 heavy (non-hydrogen) atoms. The maximum atomic E-state index is 12.7. The van der Waals surface area contributed by atoms with Gasteiger partial charge < -0.3 is 20.5 Å². The van der Waals surface area contributed by atoms with E-state index in [4.69, 9.17) is 5.73 Å². The number of carbonyl (C=O) groups excluding carboxylic acids is 1. The normalized spacial score (nSPS) is 11.0. The molecule has 5 nitrogen and oxygen atoms in total. The topological polar surface area (TPSA) is 63.3 Å². The van der Waals surface area contributed by atoms with Crippen LogP contribution in [0.4, 0.5) is 5.69 Å². The molecule has 0 atom stereocenters. The van der Waals surface area contributed by atoms with Crippen molar-refractivity contribution in [3.8, 4) is 28.2 Å². The number of nitrogens with one attached hydrogen (secondary N) is 1. The molecule has 3 N–H and O–H groups in total. The number of anilines is 1. The minimum atomic E-state index is -0.0795. The average Bonchev–Trinajstić information content (AvgIpc) is 3.24. The Labute approximate surface area is 203 Å². The minimum Gasteiger partial charge on any atom is -0.397 e. The molecule has 4 aromatic rings. The first-order valence-corrected chi connectivity index (χ1v) is 11.6. The second-order valence-electron chi connectivity index (χ2n) is 8.14.